The van der Waals surface area contributed by atoms with E-state index in [1.807, 2.05) is 0 Å². The van der Waals surface area contributed by atoms with Crippen molar-refractivity contribution in [1.82, 2.24) is 4.57 Å². The van der Waals surface area contributed by atoms with Crippen molar-refractivity contribution in [3.8, 4) is 39.1 Å². The van der Waals surface area contributed by atoms with Gasteiger partial charge in [0.25, 0.3) is 0 Å². The Labute approximate surface area is 557 Å². The van der Waals surface area contributed by atoms with Gasteiger partial charge in [0.2, 0.25) is 0 Å². The Morgan fingerprint density at radius 3 is 0.896 bits per heavy atom. The number of rotatable bonds is 13. The number of aromatic nitrogens is 1. The van der Waals surface area contributed by atoms with E-state index in [2.05, 4.69) is 395 Å². The van der Waals surface area contributed by atoms with E-state index in [4.69, 9.17) is 0 Å². The van der Waals surface area contributed by atoms with Crippen LogP contribution in [0.5, 0.6) is 0 Å². The van der Waals surface area contributed by atoms with Gasteiger partial charge in [0, 0.05) is 66.7 Å². The van der Waals surface area contributed by atoms with Gasteiger partial charge in [-0.3, -0.25) is 0 Å². The topological polar surface area (TPSA) is 14.7 Å². The predicted molar refractivity (Wildman–Crippen MR) is 409 cm³/mol. The Morgan fingerprint density at radius 1 is 0.167 bits per heavy atom. The molecule has 1 heterocycles. The maximum atomic E-state index is 2.44. The summed E-state index contributed by atoms with van der Waals surface area (Å²) in [6.07, 6.45) is 0. The fourth-order valence-corrected chi connectivity index (χ4v) is 14.7. The first kappa shape index (κ1) is 56.0. The lowest BCUT2D eigenvalue weighted by molar-refractivity contribution is 1.18. The lowest BCUT2D eigenvalue weighted by Crippen LogP contribution is -2.10. The third kappa shape index (κ3) is 9.87. The molecule has 0 unspecified atom stereocenters. The summed E-state index contributed by atoms with van der Waals surface area (Å²) in [5.41, 5.74) is 20.3. The molecule has 0 aliphatic carbocycles. The van der Waals surface area contributed by atoms with E-state index in [1.54, 1.807) is 0 Å². The van der Waals surface area contributed by atoms with Gasteiger partial charge in [-0.05, 0) is 198 Å². The zero-order valence-electron chi connectivity index (χ0n) is 52.6. The summed E-state index contributed by atoms with van der Waals surface area (Å²) in [5.74, 6) is 0. The van der Waals surface area contributed by atoms with Crippen molar-refractivity contribution in [3.05, 3.63) is 376 Å². The third-order valence-corrected chi connectivity index (χ3v) is 19.3. The molecular weight excluding hydrogens is 1160 g/mol. The largest absolute Gasteiger partial charge is 0.310 e. The van der Waals surface area contributed by atoms with Crippen molar-refractivity contribution in [2.75, 3.05) is 14.7 Å². The first-order valence-electron chi connectivity index (χ1n) is 33.0. The average Bonchev–Trinajstić information content (AvgIpc) is 1.57. The Bertz CT molecular complexity index is 5920. The minimum Gasteiger partial charge on any atom is -0.310 e. The van der Waals surface area contributed by atoms with Gasteiger partial charge in [-0.1, -0.05) is 249 Å². The van der Waals surface area contributed by atoms with Crippen LogP contribution in [0.1, 0.15) is 0 Å². The van der Waals surface area contributed by atoms with Crippen molar-refractivity contribution in [1.29, 1.82) is 0 Å². The normalized spacial score (nSPS) is 11.5. The second-order valence-electron chi connectivity index (χ2n) is 24.8. The highest BCUT2D eigenvalue weighted by Crippen LogP contribution is 2.47. The molecule has 0 fully saturated rings. The summed E-state index contributed by atoms with van der Waals surface area (Å²) < 4.78 is 2.44. The fraction of sp³-hybridized carbons (Fsp3) is 0. The van der Waals surface area contributed by atoms with Crippen LogP contribution >= 0.6 is 0 Å². The summed E-state index contributed by atoms with van der Waals surface area (Å²) in [7, 11) is 0. The fourth-order valence-electron chi connectivity index (χ4n) is 14.7. The predicted octanol–water partition coefficient (Wildman–Crippen LogP) is 26.0. The van der Waals surface area contributed by atoms with Crippen LogP contribution in [0.15, 0.2) is 376 Å². The molecule has 0 aliphatic heterocycles. The maximum Gasteiger partial charge on any atom is 0.0546 e. The molecule has 0 amide bonds. The van der Waals surface area contributed by atoms with Gasteiger partial charge in [-0.2, -0.15) is 0 Å². The van der Waals surface area contributed by atoms with Crippen LogP contribution in [0, 0.1) is 0 Å². The van der Waals surface area contributed by atoms with Gasteiger partial charge in [0.1, 0.15) is 0 Å². The van der Waals surface area contributed by atoms with Crippen LogP contribution in [0.3, 0.4) is 0 Å². The van der Waals surface area contributed by atoms with Crippen molar-refractivity contribution < 1.29 is 0 Å². The Hall–Kier alpha value is -12.8. The van der Waals surface area contributed by atoms with Crippen molar-refractivity contribution in [3.63, 3.8) is 0 Å². The van der Waals surface area contributed by atoms with Crippen LogP contribution in [0.4, 0.5) is 51.2 Å². The van der Waals surface area contributed by atoms with E-state index >= 15 is 0 Å². The average molecular weight is 1220 g/mol. The van der Waals surface area contributed by atoms with Crippen LogP contribution in [0.2, 0.25) is 0 Å². The Balaban J connectivity index is 0.730. The highest BCUT2D eigenvalue weighted by Gasteiger charge is 2.22. The van der Waals surface area contributed by atoms with E-state index in [0.717, 1.165) is 101 Å². The Kier molecular flexibility index (Phi) is 13.8. The van der Waals surface area contributed by atoms with Gasteiger partial charge in [0.05, 0.1) is 28.1 Å². The van der Waals surface area contributed by atoms with Crippen LogP contribution in [-0.4, -0.2) is 4.57 Å². The zero-order valence-corrected chi connectivity index (χ0v) is 52.6. The zero-order chi connectivity index (χ0) is 63.5. The molecule has 0 radical (unpaired) electrons. The monoisotopic (exact) mass is 1220 g/mol. The maximum absolute atomic E-state index is 2.44. The molecule has 4 nitrogen and oxygen atoms in total. The number of benzene rings is 17. The molecule has 18 aromatic rings. The number of anilines is 9. The number of fused-ring (bicyclic) bond motifs is 10. The Morgan fingerprint density at radius 2 is 0.469 bits per heavy atom. The second kappa shape index (κ2) is 23.7. The summed E-state index contributed by atoms with van der Waals surface area (Å²) in [6.45, 7) is 0. The van der Waals surface area contributed by atoms with Crippen molar-refractivity contribution in [2.24, 2.45) is 0 Å². The number of hydrogen-bond acceptors (Lipinski definition) is 3. The van der Waals surface area contributed by atoms with E-state index in [0.29, 0.717) is 0 Å². The molecule has 0 spiro atoms. The van der Waals surface area contributed by atoms with Crippen LogP contribution in [-0.2, 0) is 0 Å². The quantitative estimate of drug-likeness (QED) is 0.107. The lowest BCUT2D eigenvalue weighted by atomic mass is 9.98. The first-order valence-corrected chi connectivity index (χ1v) is 33.0. The van der Waals surface area contributed by atoms with Gasteiger partial charge in [-0.15, -0.1) is 0 Å². The molecule has 96 heavy (non-hydrogen) atoms. The number of nitrogens with zero attached hydrogens (tertiary/aromatic N) is 4. The molecule has 0 saturated heterocycles. The second-order valence-corrected chi connectivity index (χ2v) is 24.8. The van der Waals surface area contributed by atoms with E-state index < -0.39 is 0 Å². The van der Waals surface area contributed by atoms with Gasteiger partial charge < -0.3 is 19.3 Å². The summed E-state index contributed by atoms with van der Waals surface area (Å²) in [5, 5.41) is 14.6. The molecule has 4 heteroatoms. The third-order valence-electron chi connectivity index (χ3n) is 19.3. The standard InChI is InChI=1S/C92H62N4/c1-4-25-72(26-5-1)93(88-38-20-24-67-21-10-15-33-81(67)88)75-51-43-65(44-52-75)68-47-57-89-86(59-68)87-60-69(66-45-53-77(54-46-66)95(74-29-8-3-9-30-74)92-62-71-23-12-14-32-80(71)83-35-17-19-37-85(83)92)48-58-90(87)96(89)78-55-41-64(42-56-78)63-39-49-76(50-40-63)94(73-27-6-2-7-28-73)91-61-70-22-11-13-31-79(70)82-34-16-18-36-84(82)91/h1-62H. The molecule has 17 aromatic carbocycles. The van der Waals surface area contributed by atoms with E-state index in [1.165, 1.54) is 64.6 Å². The number of para-hydroxylation sites is 3. The minimum absolute atomic E-state index is 1.09. The summed E-state index contributed by atoms with van der Waals surface area (Å²) in [6, 6.07) is 137. The highest BCUT2D eigenvalue weighted by atomic mass is 15.2. The minimum atomic E-state index is 1.09. The molecule has 0 atom stereocenters. The van der Waals surface area contributed by atoms with Crippen LogP contribution in [0.25, 0.3) is 115 Å². The summed E-state index contributed by atoms with van der Waals surface area (Å²) in [4.78, 5) is 7.17. The van der Waals surface area contributed by atoms with Crippen molar-refractivity contribution >= 4 is 127 Å². The SMILES string of the molecule is c1ccc(N(c2ccc(-c3ccc4c(c3)c3cc(-c5ccc(N(c6ccccc6)c6cc7ccccc7c7ccccc67)cc5)ccc3n4-c3ccc(-c4ccc(N(c5ccccc5)c5cc6ccccc6c6ccccc56)cc4)cc3)cc2)c2cccc3ccccc23)cc1. The van der Waals surface area contributed by atoms with E-state index in [-0.39, 0.29) is 0 Å². The number of hydrogen-bond donors (Lipinski definition) is 0. The van der Waals surface area contributed by atoms with Gasteiger partial charge in [0.15, 0.2) is 0 Å². The molecule has 0 aliphatic rings. The molecule has 18 rings (SSSR count). The molecular formula is C92H62N4. The van der Waals surface area contributed by atoms with E-state index in [9.17, 15) is 0 Å². The molecule has 0 bridgehead atoms. The first-order chi connectivity index (χ1) is 47.6. The van der Waals surface area contributed by atoms with Crippen LogP contribution < -0.4 is 14.7 Å². The molecule has 450 valence electrons. The summed E-state index contributed by atoms with van der Waals surface area (Å²) >= 11 is 0. The van der Waals surface area contributed by atoms with Gasteiger partial charge >= 0.3 is 0 Å². The molecule has 0 N–H and O–H groups in total. The van der Waals surface area contributed by atoms with Crippen molar-refractivity contribution in [2.45, 2.75) is 0 Å². The smallest absolute Gasteiger partial charge is 0.0546 e. The van der Waals surface area contributed by atoms with Gasteiger partial charge in [-0.25, -0.2) is 0 Å². The molecule has 0 saturated carbocycles. The highest BCUT2D eigenvalue weighted by molar-refractivity contribution is 6.17. The molecule has 1 aromatic heterocycles. The lowest BCUT2D eigenvalue weighted by Gasteiger charge is -2.27.